The maximum absolute atomic E-state index is 10.8. The summed E-state index contributed by atoms with van der Waals surface area (Å²) >= 11 is 3.35. The fourth-order valence-electron chi connectivity index (χ4n) is 2.32. The zero-order valence-corrected chi connectivity index (χ0v) is 14.0. The number of fused-ring (bicyclic) bond motifs is 1. The van der Waals surface area contributed by atoms with Crippen LogP contribution >= 0.6 is 32.9 Å². The second kappa shape index (κ2) is 5.95. The van der Waals surface area contributed by atoms with Gasteiger partial charge in [0, 0.05) is 22.2 Å². The van der Waals surface area contributed by atoms with Crippen LogP contribution in [0.4, 0.5) is 11.4 Å². The van der Waals surface area contributed by atoms with E-state index in [0.29, 0.717) is 16.9 Å². The second-order valence-corrected chi connectivity index (χ2v) is 5.34. The van der Waals surface area contributed by atoms with Gasteiger partial charge in [-0.3, -0.25) is 15.5 Å². The third-order valence-electron chi connectivity index (χ3n) is 3.30. The Hall–Kier alpha value is -1.73. The van der Waals surface area contributed by atoms with Crippen molar-refractivity contribution < 1.29 is 4.92 Å². The molecule has 0 fully saturated rings. The maximum Gasteiger partial charge on any atom is 0.270 e. The van der Waals surface area contributed by atoms with Crippen molar-refractivity contribution in [3.8, 4) is 0 Å². The van der Waals surface area contributed by atoms with E-state index in [1.165, 1.54) is 12.1 Å². The molecule has 0 bridgehead atoms. The minimum Gasteiger partial charge on any atom is -0.321 e. The summed E-state index contributed by atoms with van der Waals surface area (Å²) in [5.74, 6) is 0.412. The van der Waals surface area contributed by atoms with Gasteiger partial charge >= 0.3 is 0 Å². The van der Waals surface area contributed by atoms with Crippen LogP contribution in [-0.4, -0.2) is 10.8 Å². The van der Waals surface area contributed by atoms with Crippen molar-refractivity contribution in [3.05, 3.63) is 68.2 Å². The molecule has 0 radical (unpaired) electrons. The molecule has 21 heavy (non-hydrogen) atoms. The van der Waals surface area contributed by atoms with E-state index in [-0.39, 0.29) is 22.7 Å². The summed E-state index contributed by atoms with van der Waals surface area (Å²) < 4.78 is 0.615. The molecule has 0 atom stereocenters. The third kappa shape index (κ3) is 2.71. The van der Waals surface area contributed by atoms with Crippen LogP contribution in [0.2, 0.25) is 0 Å². The van der Waals surface area contributed by atoms with Crippen molar-refractivity contribution in [2.45, 2.75) is 6.54 Å². The Morgan fingerprint density at radius 1 is 1.24 bits per heavy atom. The molecule has 0 aliphatic carbocycles. The molecule has 1 N–H and O–H groups in total. The lowest BCUT2D eigenvalue weighted by molar-refractivity contribution is -0.384. The van der Waals surface area contributed by atoms with E-state index in [9.17, 15) is 10.1 Å². The number of nitrogens with one attached hydrogen (secondary N) is 1. The SMILES string of the molecule is Br.N=C1c2ccccc2CN1c1ccc([N+](=O)[O-])cc1Br. The first kappa shape index (κ1) is 15.7. The van der Waals surface area contributed by atoms with Gasteiger partial charge in [0.25, 0.3) is 5.69 Å². The van der Waals surface area contributed by atoms with E-state index in [4.69, 9.17) is 5.41 Å². The molecule has 0 saturated carbocycles. The van der Waals surface area contributed by atoms with Crippen molar-refractivity contribution in [3.63, 3.8) is 0 Å². The van der Waals surface area contributed by atoms with E-state index < -0.39 is 4.92 Å². The normalized spacial score (nSPS) is 12.8. The maximum atomic E-state index is 10.8. The van der Waals surface area contributed by atoms with Crippen LogP contribution in [0, 0.1) is 15.5 Å². The minimum absolute atomic E-state index is 0. The average molecular weight is 413 g/mol. The Labute approximate surface area is 140 Å². The van der Waals surface area contributed by atoms with Gasteiger partial charge in [-0.25, -0.2) is 0 Å². The zero-order chi connectivity index (χ0) is 14.3. The second-order valence-electron chi connectivity index (χ2n) is 4.48. The molecule has 0 amide bonds. The summed E-state index contributed by atoms with van der Waals surface area (Å²) in [6, 6.07) is 12.3. The van der Waals surface area contributed by atoms with Crippen molar-refractivity contribution >= 4 is 50.1 Å². The number of rotatable bonds is 2. The van der Waals surface area contributed by atoms with Gasteiger partial charge in [0.2, 0.25) is 0 Å². The number of anilines is 1. The highest BCUT2D eigenvalue weighted by Crippen LogP contribution is 2.35. The van der Waals surface area contributed by atoms with Crippen LogP contribution in [0.25, 0.3) is 0 Å². The van der Waals surface area contributed by atoms with Crippen LogP contribution < -0.4 is 4.90 Å². The largest absolute Gasteiger partial charge is 0.321 e. The number of nitrogens with zero attached hydrogens (tertiary/aromatic N) is 2. The number of non-ortho nitro benzene ring substituents is 1. The standard InChI is InChI=1S/C14H10BrN3O2.BrH/c15-12-7-10(18(19)20)5-6-13(12)17-8-9-3-1-2-4-11(9)14(17)16;/h1-7,16H,8H2;1H. The van der Waals surface area contributed by atoms with Gasteiger partial charge < -0.3 is 4.90 Å². The number of hydrogen-bond acceptors (Lipinski definition) is 3. The van der Waals surface area contributed by atoms with Crippen molar-refractivity contribution in [1.29, 1.82) is 5.41 Å². The molecule has 1 heterocycles. The Morgan fingerprint density at radius 2 is 1.95 bits per heavy atom. The highest BCUT2D eigenvalue weighted by molar-refractivity contribution is 9.10. The fourth-order valence-corrected chi connectivity index (χ4v) is 2.90. The number of halogens is 2. The lowest BCUT2D eigenvalue weighted by Crippen LogP contribution is -2.23. The van der Waals surface area contributed by atoms with Crippen LogP contribution in [-0.2, 0) is 6.54 Å². The number of benzene rings is 2. The van der Waals surface area contributed by atoms with E-state index in [1.807, 2.05) is 29.2 Å². The van der Waals surface area contributed by atoms with Crippen molar-refractivity contribution in [2.24, 2.45) is 0 Å². The highest BCUT2D eigenvalue weighted by atomic mass is 79.9. The monoisotopic (exact) mass is 411 g/mol. The number of hydrogen-bond donors (Lipinski definition) is 1. The Kier molecular flexibility index (Phi) is 4.43. The van der Waals surface area contributed by atoms with Crippen LogP contribution in [0.15, 0.2) is 46.9 Å². The van der Waals surface area contributed by atoms with E-state index in [2.05, 4.69) is 15.9 Å². The van der Waals surface area contributed by atoms with Gasteiger partial charge in [-0.1, -0.05) is 24.3 Å². The first-order valence-electron chi connectivity index (χ1n) is 5.96. The molecule has 2 aromatic carbocycles. The van der Waals surface area contributed by atoms with E-state index in [0.717, 1.165) is 16.8 Å². The molecule has 0 unspecified atom stereocenters. The van der Waals surface area contributed by atoms with Crippen molar-refractivity contribution in [2.75, 3.05) is 4.90 Å². The minimum atomic E-state index is -0.432. The molecule has 7 heteroatoms. The Bertz CT molecular complexity index is 734. The Balaban J connectivity index is 0.00000161. The van der Waals surface area contributed by atoms with Gasteiger partial charge in [0.05, 0.1) is 17.2 Å². The number of nitro groups is 1. The molecule has 108 valence electrons. The molecule has 0 spiro atoms. The molecule has 0 aromatic heterocycles. The van der Waals surface area contributed by atoms with Crippen LogP contribution in [0.1, 0.15) is 11.1 Å². The third-order valence-corrected chi connectivity index (χ3v) is 3.94. The molecule has 5 nitrogen and oxygen atoms in total. The first-order chi connectivity index (χ1) is 9.58. The summed E-state index contributed by atoms with van der Waals surface area (Å²) in [6.45, 7) is 0.603. The summed E-state index contributed by atoms with van der Waals surface area (Å²) in [5.41, 5.74) is 2.78. The fraction of sp³-hybridized carbons (Fsp3) is 0.0714. The molecule has 1 aliphatic rings. The Morgan fingerprint density at radius 3 is 2.57 bits per heavy atom. The molecule has 2 aromatic rings. The van der Waals surface area contributed by atoms with Gasteiger partial charge in [0.1, 0.15) is 5.84 Å². The topological polar surface area (TPSA) is 70.2 Å². The summed E-state index contributed by atoms with van der Waals surface area (Å²) in [4.78, 5) is 12.2. The smallest absolute Gasteiger partial charge is 0.270 e. The van der Waals surface area contributed by atoms with Crippen molar-refractivity contribution in [1.82, 2.24) is 0 Å². The van der Waals surface area contributed by atoms with Crippen LogP contribution in [0.3, 0.4) is 0 Å². The highest BCUT2D eigenvalue weighted by Gasteiger charge is 2.26. The summed E-state index contributed by atoms with van der Waals surface area (Å²) in [7, 11) is 0. The average Bonchev–Trinajstić information content (AvgIpc) is 2.76. The molecular formula is C14H11Br2N3O2. The summed E-state index contributed by atoms with van der Waals surface area (Å²) in [6.07, 6.45) is 0. The van der Waals surface area contributed by atoms with Crippen LogP contribution in [0.5, 0.6) is 0 Å². The number of amidine groups is 1. The zero-order valence-electron chi connectivity index (χ0n) is 10.7. The van der Waals surface area contributed by atoms with Gasteiger partial charge in [0.15, 0.2) is 0 Å². The lowest BCUT2D eigenvalue weighted by Gasteiger charge is -2.19. The van der Waals surface area contributed by atoms with E-state index >= 15 is 0 Å². The van der Waals surface area contributed by atoms with E-state index in [1.54, 1.807) is 6.07 Å². The molecule has 0 saturated heterocycles. The predicted molar refractivity (Wildman–Crippen MR) is 90.6 cm³/mol. The van der Waals surface area contributed by atoms with Gasteiger partial charge in [-0.15, -0.1) is 17.0 Å². The molecule has 1 aliphatic heterocycles. The molecule has 3 rings (SSSR count). The predicted octanol–water partition coefficient (Wildman–Crippen LogP) is 4.28. The first-order valence-corrected chi connectivity index (χ1v) is 6.75. The summed E-state index contributed by atoms with van der Waals surface area (Å²) in [5, 5.41) is 19.0. The lowest BCUT2D eigenvalue weighted by atomic mass is 10.1. The quantitative estimate of drug-likeness (QED) is 0.591. The molecular weight excluding hydrogens is 402 g/mol. The number of nitro benzene ring substituents is 1. The van der Waals surface area contributed by atoms with Gasteiger partial charge in [-0.05, 0) is 27.6 Å². The van der Waals surface area contributed by atoms with Gasteiger partial charge in [-0.2, -0.15) is 0 Å².